The molecule has 1 aromatic heterocycles. The number of rotatable bonds is 5. The molecule has 4 rings (SSSR count). The van der Waals surface area contributed by atoms with E-state index < -0.39 is 28.3 Å². The number of aromatic nitrogens is 2. The van der Waals surface area contributed by atoms with Gasteiger partial charge in [0.15, 0.2) is 0 Å². The van der Waals surface area contributed by atoms with E-state index in [-0.39, 0.29) is 23.6 Å². The van der Waals surface area contributed by atoms with Gasteiger partial charge in [0, 0.05) is 36.3 Å². The number of amides is 2. The zero-order chi connectivity index (χ0) is 23.8. The van der Waals surface area contributed by atoms with Crippen LogP contribution in [0, 0.1) is 10.1 Å². The van der Waals surface area contributed by atoms with Gasteiger partial charge in [-0.05, 0) is 49.0 Å². The van der Waals surface area contributed by atoms with Gasteiger partial charge >= 0.3 is 24.0 Å². The summed E-state index contributed by atoms with van der Waals surface area (Å²) >= 11 is 0. The number of alkyl halides is 3. The first kappa shape index (κ1) is 22.8. The van der Waals surface area contributed by atoms with E-state index in [0.29, 0.717) is 39.0 Å². The standard InChI is InChI=1S/C20H23F3N6O4/c1-19(12-28-10-16(29(31)32)26-18(28)33-19)11-27-8-6-15(7-9-27)25-17(30)24-14-4-2-13(3-5-14)20(21,22)23/h2-5,10,15H,6-9,11-12H2,1H3,(H2,24,25,30)/t19-/m0/s1. The van der Waals surface area contributed by atoms with Crippen molar-refractivity contribution in [1.82, 2.24) is 19.8 Å². The Labute approximate surface area is 186 Å². The number of ether oxygens (including phenoxy) is 1. The molecule has 2 aliphatic heterocycles. The van der Waals surface area contributed by atoms with Crippen molar-refractivity contribution in [3.8, 4) is 6.01 Å². The maximum absolute atomic E-state index is 12.6. The molecule has 1 atom stereocenters. The number of imidazole rings is 1. The molecule has 2 amide bonds. The molecule has 1 saturated heterocycles. The van der Waals surface area contributed by atoms with Crippen molar-refractivity contribution >= 4 is 17.5 Å². The summed E-state index contributed by atoms with van der Waals surface area (Å²) in [4.78, 5) is 28.6. The molecule has 3 heterocycles. The third-order valence-corrected chi connectivity index (χ3v) is 5.71. The molecule has 0 unspecified atom stereocenters. The number of carbonyl (C=O) groups is 1. The highest BCUT2D eigenvalue weighted by Crippen LogP contribution is 2.32. The number of benzene rings is 1. The van der Waals surface area contributed by atoms with Crippen molar-refractivity contribution in [2.45, 2.75) is 44.1 Å². The summed E-state index contributed by atoms with van der Waals surface area (Å²) in [7, 11) is 0. The Kier molecular flexibility index (Phi) is 5.91. The summed E-state index contributed by atoms with van der Waals surface area (Å²) < 4.78 is 45.4. The molecule has 2 N–H and O–H groups in total. The quantitative estimate of drug-likeness (QED) is 0.514. The molecule has 178 valence electrons. The van der Waals surface area contributed by atoms with Crippen LogP contribution >= 0.6 is 0 Å². The first-order valence-electron chi connectivity index (χ1n) is 10.4. The lowest BCUT2D eigenvalue weighted by atomic mass is 10.0. The molecule has 0 bridgehead atoms. The number of piperidine rings is 1. The van der Waals surface area contributed by atoms with E-state index in [1.54, 1.807) is 4.57 Å². The van der Waals surface area contributed by atoms with Gasteiger partial charge < -0.3 is 25.5 Å². The van der Waals surface area contributed by atoms with Gasteiger partial charge in [-0.3, -0.25) is 9.47 Å². The van der Waals surface area contributed by atoms with E-state index in [1.807, 2.05) is 6.92 Å². The first-order valence-corrected chi connectivity index (χ1v) is 10.4. The maximum atomic E-state index is 12.6. The average Bonchev–Trinajstić information content (AvgIpc) is 3.24. The molecular weight excluding hydrogens is 445 g/mol. The van der Waals surface area contributed by atoms with Gasteiger partial charge in [-0.1, -0.05) is 0 Å². The second kappa shape index (κ2) is 8.54. The fourth-order valence-electron chi connectivity index (χ4n) is 4.17. The summed E-state index contributed by atoms with van der Waals surface area (Å²) in [5, 5.41) is 16.2. The van der Waals surface area contributed by atoms with E-state index in [9.17, 15) is 28.1 Å². The van der Waals surface area contributed by atoms with Crippen LogP contribution in [0.25, 0.3) is 0 Å². The highest BCUT2D eigenvalue weighted by atomic mass is 19.4. The zero-order valence-corrected chi connectivity index (χ0v) is 17.8. The van der Waals surface area contributed by atoms with E-state index in [2.05, 4.69) is 20.5 Å². The van der Waals surface area contributed by atoms with Gasteiger partial charge in [0.2, 0.25) is 0 Å². The molecule has 0 saturated carbocycles. The van der Waals surface area contributed by atoms with Crippen molar-refractivity contribution in [2.24, 2.45) is 0 Å². The van der Waals surface area contributed by atoms with Gasteiger partial charge in [0.05, 0.1) is 12.1 Å². The Morgan fingerprint density at radius 2 is 1.97 bits per heavy atom. The molecule has 0 radical (unpaired) electrons. The smallest absolute Gasteiger partial charge is 0.416 e. The number of hydrogen-bond donors (Lipinski definition) is 2. The minimum Gasteiger partial charge on any atom is -0.436 e. The molecular formula is C20H23F3N6O4. The van der Waals surface area contributed by atoms with Crippen LogP contribution in [0.3, 0.4) is 0 Å². The Hall–Kier alpha value is -3.35. The number of hydrogen-bond acceptors (Lipinski definition) is 6. The molecule has 2 aromatic rings. The van der Waals surface area contributed by atoms with Crippen LogP contribution < -0.4 is 15.4 Å². The number of nitrogens with one attached hydrogen (secondary N) is 2. The number of halogens is 3. The van der Waals surface area contributed by atoms with Crippen molar-refractivity contribution in [1.29, 1.82) is 0 Å². The summed E-state index contributed by atoms with van der Waals surface area (Å²) in [6.45, 7) is 4.42. The molecule has 13 heteroatoms. The lowest BCUT2D eigenvalue weighted by Crippen LogP contribution is -2.51. The van der Waals surface area contributed by atoms with Crippen molar-refractivity contribution in [2.75, 3.05) is 25.0 Å². The molecule has 1 fully saturated rings. The van der Waals surface area contributed by atoms with Crippen LogP contribution in [0.15, 0.2) is 30.5 Å². The predicted molar refractivity (Wildman–Crippen MR) is 111 cm³/mol. The van der Waals surface area contributed by atoms with Crippen molar-refractivity contribution < 1.29 is 27.6 Å². The lowest BCUT2D eigenvalue weighted by Gasteiger charge is -2.36. The topological polar surface area (TPSA) is 115 Å². The minimum absolute atomic E-state index is 0.0638. The van der Waals surface area contributed by atoms with Crippen LogP contribution in [-0.4, -0.2) is 56.7 Å². The number of urea groups is 1. The van der Waals surface area contributed by atoms with Crippen LogP contribution in [-0.2, 0) is 12.7 Å². The molecule has 2 aliphatic rings. The fourth-order valence-corrected chi connectivity index (χ4v) is 4.17. The van der Waals surface area contributed by atoms with Gasteiger partial charge in [0.1, 0.15) is 11.8 Å². The number of fused-ring (bicyclic) bond motifs is 1. The highest BCUT2D eigenvalue weighted by molar-refractivity contribution is 5.89. The normalized spacial score (nSPS) is 21.3. The molecule has 10 nitrogen and oxygen atoms in total. The Balaban J connectivity index is 1.22. The van der Waals surface area contributed by atoms with Crippen LogP contribution in [0.4, 0.5) is 29.5 Å². The fraction of sp³-hybridized carbons (Fsp3) is 0.500. The Morgan fingerprint density at radius 1 is 1.30 bits per heavy atom. The Morgan fingerprint density at radius 3 is 2.55 bits per heavy atom. The number of carbonyl (C=O) groups excluding carboxylic acids is 1. The van der Waals surface area contributed by atoms with E-state index in [0.717, 1.165) is 12.1 Å². The summed E-state index contributed by atoms with van der Waals surface area (Å²) in [5.74, 6) is -0.242. The number of anilines is 1. The molecule has 0 aliphatic carbocycles. The van der Waals surface area contributed by atoms with Crippen LogP contribution in [0.1, 0.15) is 25.3 Å². The lowest BCUT2D eigenvalue weighted by molar-refractivity contribution is -0.389. The average molecular weight is 468 g/mol. The summed E-state index contributed by atoms with van der Waals surface area (Å²) in [5.41, 5.74) is -1.05. The van der Waals surface area contributed by atoms with E-state index >= 15 is 0 Å². The number of nitro groups is 1. The van der Waals surface area contributed by atoms with Gasteiger partial charge in [-0.25, -0.2) is 4.79 Å². The van der Waals surface area contributed by atoms with Crippen molar-refractivity contribution in [3.05, 3.63) is 46.1 Å². The van der Waals surface area contributed by atoms with E-state index in [1.165, 1.54) is 18.3 Å². The summed E-state index contributed by atoms with van der Waals surface area (Å²) in [6, 6.07) is 3.98. The maximum Gasteiger partial charge on any atom is 0.416 e. The Bertz CT molecular complexity index is 1010. The predicted octanol–water partition coefficient (Wildman–Crippen LogP) is 3.25. The second-order valence-corrected chi connectivity index (χ2v) is 8.54. The monoisotopic (exact) mass is 468 g/mol. The summed E-state index contributed by atoms with van der Waals surface area (Å²) in [6.07, 6.45) is -1.65. The third kappa shape index (κ3) is 5.35. The van der Waals surface area contributed by atoms with Gasteiger partial charge in [-0.15, -0.1) is 0 Å². The number of likely N-dealkylation sites (tertiary alicyclic amines) is 1. The SMILES string of the molecule is C[C@]1(CN2CCC(NC(=O)Nc3ccc(C(F)(F)F)cc3)CC2)Cn2cc([N+](=O)[O-])nc2O1. The first-order chi connectivity index (χ1) is 15.5. The molecule has 1 aromatic carbocycles. The minimum atomic E-state index is -4.42. The van der Waals surface area contributed by atoms with Crippen LogP contribution in [0.5, 0.6) is 6.01 Å². The largest absolute Gasteiger partial charge is 0.436 e. The van der Waals surface area contributed by atoms with Gasteiger partial charge in [0.25, 0.3) is 0 Å². The number of nitrogens with zero attached hydrogens (tertiary/aromatic N) is 4. The highest BCUT2D eigenvalue weighted by Gasteiger charge is 2.42. The molecule has 0 spiro atoms. The zero-order valence-electron chi connectivity index (χ0n) is 17.8. The van der Waals surface area contributed by atoms with Crippen LogP contribution in [0.2, 0.25) is 0 Å². The third-order valence-electron chi connectivity index (χ3n) is 5.71. The van der Waals surface area contributed by atoms with Crippen molar-refractivity contribution in [3.63, 3.8) is 0 Å². The molecule has 33 heavy (non-hydrogen) atoms. The van der Waals surface area contributed by atoms with E-state index in [4.69, 9.17) is 4.74 Å². The second-order valence-electron chi connectivity index (χ2n) is 8.54. The van der Waals surface area contributed by atoms with Gasteiger partial charge in [-0.2, -0.15) is 13.2 Å².